The maximum absolute atomic E-state index is 14.5. The van der Waals surface area contributed by atoms with Gasteiger partial charge in [-0.15, -0.1) is 0 Å². The van der Waals surface area contributed by atoms with Crippen LogP contribution in [0.4, 0.5) is 14.9 Å². The molecule has 2 aromatic rings. The Morgan fingerprint density at radius 2 is 2.03 bits per heavy atom. The van der Waals surface area contributed by atoms with Crippen molar-refractivity contribution in [3.8, 4) is 11.9 Å². The van der Waals surface area contributed by atoms with Gasteiger partial charge in [0.25, 0.3) is 5.91 Å². The van der Waals surface area contributed by atoms with Gasteiger partial charge in [0.2, 0.25) is 5.88 Å². The van der Waals surface area contributed by atoms with Gasteiger partial charge in [-0.1, -0.05) is 6.07 Å². The number of nitriles is 1. The summed E-state index contributed by atoms with van der Waals surface area (Å²) < 4.78 is 51.6. The fourth-order valence-corrected chi connectivity index (χ4v) is 5.12. The highest BCUT2D eigenvalue weighted by Crippen LogP contribution is 2.34. The Balaban J connectivity index is 2.10. The summed E-state index contributed by atoms with van der Waals surface area (Å²) in [6, 6.07) is 6.72. The summed E-state index contributed by atoms with van der Waals surface area (Å²) in [7, 11) is -4.27. The summed E-state index contributed by atoms with van der Waals surface area (Å²) in [5.41, 5.74) is -1.19. The number of hydrogen-bond donors (Lipinski definition) is 1. The van der Waals surface area contributed by atoms with E-state index in [2.05, 4.69) is 10.3 Å². The zero-order valence-corrected chi connectivity index (χ0v) is 21.3. The van der Waals surface area contributed by atoms with Crippen LogP contribution in [0.3, 0.4) is 0 Å². The van der Waals surface area contributed by atoms with E-state index in [0.717, 1.165) is 11.0 Å². The molecule has 1 aliphatic rings. The Labute approximate surface area is 208 Å². The van der Waals surface area contributed by atoms with Crippen molar-refractivity contribution in [3.05, 3.63) is 47.4 Å². The molecular formula is C24H27FN4O6S. The van der Waals surface area contributed by atoms with Gasteiger partial charge in [-0.05, 0) is 52.8 Å². The molecule has 10 nitrogen and oxygen atoms in total. The Morgan fingerprint density at radius 1 is 1.33 bits per heavy atom. The number of amides is 2. The van der Waals surface area contributed by atoms with E-state index in [1.165, 1.54) is 0 Å². The average molecular weight is 519 g/mol. The monoisotopic (exact) mass is 518 g/mol. The number of hydrogen-bond acceptors (Lipinski definition) is 8. The second-order valence-corrected chi connectivity index (χ2v) is 11.5. The highest BCUT2D eigenvalue weighted by Gasteiger charge is 2.40. The minimum atomic E-state index is -4.27. The molecule has 3 rings (SSSR count). The van der Waals surface area contributed by atoms with Gasteiger partial charge in [0, 0.05) is 6.07 Å². The lowest BCUT2D eigenvalue weighted by Gasteiger charge is -2.26. The summed E-state index contributed by atoms with van der Waals surface area (Å²) in [6.45, 7) is 8.25. The number of sulfone groups is 1. The van der Waals surface area contributed by atoms with E-state index in [1.807, 2.05) is 13.8 Å². The summed E-state index contributed by atoms with van der Waals surface area (Å²) in [6.07, 6.45) is -1.15. The first-order valence-electron chi connectivity index (χ1n) is 11.1. The molecule has 192 valence electrons. The second-order valence-electron chi connectivity index (χ2n) is 9.45. The maximum Gasteiger partial charge on any atom is 0.408 e. The van der Waals surface area contributed by atoms with E-state index in [4.69, 9.17) is 9.47 Å². The quantitative estimate of drug-likeness (QED) is 0.637. The minimum Gasteiger partial charge on any atom is -0.475 e. The molecule has 0 bridgehead atoms. The number of anilines is 1. The first-order valence-corrected chi connectivity index (χ1v) is 12.8. The van der Waals surface area contributed by atoms with Gasteiger partial charge in [0.1, 0.15) is 23.5 Å². The van der Waals surface area contributed by atoms with Crippen molar-refractivity contribution in [1.82, 2.24) is 10.3 Å². The number of ether oxygens (including phenoxy) is 2. The van der Waals surface area contributed by atoms with Crippen LogP contribution in [0.5, 0.6) is 5.88 Å². The van der Waals surface area contributed by atoms with E-state index in [9.17, 15) is 27.7 Å². The number of nitrogens with one attached hydrogen (secondary N) is 1. The number of halogens is 1. The SMILES string of the molecule is CC(C)Oc1cccc(CN2C(=O)[C@@H](NC(=O)OC(C)(C)C)CS(=O)(=O)c3cc(F)c(C#N)cc32)n1. The minimum absolute atomic E-state index is 0.165. The predicted octanol–water partition coefficient (Wildman–Crippen LogP) is 3.09. The number of alkyl carbamates (subject to hydrolysis) is 1. The van der Waals surface area contributed by atoms with Crippen LogP contribution in [0.15, 0.2) is 35.2 Å². The number of carbonyl (C=O) groups excluding carboxylic acids is 2. The largest absolute Gasteiger partial charge is 0.475 e. The molecular weight excluding hydrogens is 491 g/mol. The topological polar surface area (TPSA) is 139 Å². The normalized spacial score (nSPS) is 17.1. The third-order valence-corrected chi connectivity index (χ3v) is 6.66. The molecule has 0 aliphatic carbocycles. The lowest BCUT2D eigenvalue weighted by molar-refractivity contribution is -0.120. The molecule has 12 heteroatoms. The number of rotatable bonds is 5. The van der Waals surface area contributed by atoms with Crippen molar-refractivity contribution >= 4 is 27.5 Å². The first-order chi connectivity index (χ1) is 16.7. The van der Waals surface area contributed by atoms with Crippen molar-refractivity contribution < 1.29 is 31.9 Å². The van der Waals surface area contributed by atoms with Crippen molar-refractivity contribution in [2.75, 3.05) is 10.7 Å². The zero-order valence-electron chi connectivity index (χ0n) is 20.5. The highest BCUT2D eigenvalue weighted by molar-refractivity contribution is 7.91. The molecule has 36 heavy (non-hydrogen) atoms. The number of aromatic nitrogens is 1. The van der Waals surface area contributed by atoms with Gasteiger partial charge in [-0.3, -0.25) is 4.79 Å². The van der Waals surface area contributed by atoms with Crippen molar-refractivity contribution in [2.45, 2.75) is 63.8 Å². The summed E-state index contributed by atoms with van der Waals surface area (Å²) >= 11 is 0. The number of carbonyl (C=O) groups is 2. The van der Waals surface area contributed by atoms with Gasteiger partial charge >= 0.3 is 6.09 Å². The third-order valence-electron chi connectivity index (χ3n) is 4.89. The highest BCUT2D eigenvalue weighted by atomic mass is 32.2. The molecule has 1 aromatic heterocycles. The van der Waals surface area contributed by atoms with Crippen LogP contribution in [0.25, 0.3) is 0 Å². The van der Waals surface area contributed by atoms with Crippen LogP contribution >= 0.6 is 0 Å². The van der Waals surface area contributed by atoms with Gasteiger partial charge in [-0.25, -0.2) is 22.6 Å². The molecule has 2 heterocycles. The fraction of sp³-hybridized carbons (Fsp3) is 0.417. The molecule has 0 fully saturated rings. The van der Waals surface area contributed by atoms with Crippen molar-refractivity contribution in [3.63, 3.8) is 0 Å². The molecule has 1 aliphatic heterocycles. The molecule has 1 aromatic carbocycles. The van der Waals surface area contributed by atoms with Gasteiger partial charge in [-0.2, -0.15) is 5.26 Å². The Morgan fingerprint density at radius 3 is 2.64 bits per heavy atom. The van der Waals surface area contributed by atoms with Crippen LogP contribution in [0, 0.1) is 17.1 Å². The zero-order chi connectivity index (χ0) is 26.8. The molecule has 0 saturated carbocycles. The fourth-order valence-electron chi connectivity index (χ4n) is 3.51. The van der Waals surface area contributed by atoms with E-state index < -0.39 is 55.5 Å². The van der Waals surface area contributed by atoms with E-state index >= 15 is 0 Å². The Kier molecular flexibility index (Phi) is 7.54. The molecule has 2 amide bonds. The number of fused-ring (bicyclic) bond motifs is 1. The third kappa shape index (κ3) is 6.28. The van der Waals surface area contributed by atoms with Gasteiger partial charge in [0.15, 0.2) is 9.84 Å². The smallest absolute Gasteiger partial charge is 0.408 e. The Hall–Kier alpha value is -3.72. The second kappa shape index (κ2) is 10.1. The standard InChI is InChI=1S/C24H27FN4O6S/c1-14(2)34-21-8-6-7-16(27-21)12-29-19-9-15(11-26)17(25)10-20(19)36(32,33)13-18(22(29)30)28-23(31)35-24(3,4)5/h6-10,14,18H,12-13H2,1-5H3,(H,28,31)/t18-/m0/s1. The summed E-state index contributed by atoms with van der Waals surface area (Å²) in [4.78, 5) is 31.0. The first kappa shape index (κ1) is 26.9. The lowest BCUT2D eigenvalue weighted by atomic mass is 10.1. The Bertz CT molecular complexity index is 1330. The van der Waals surface area contributed by atoms with Crippen molar-refractivity contribution in [1.29, 1.82) is 5.26 Å². The van der Waals surface area contributed by atoms with Crippen LogP contribution in [0.1, 0.15) is 45.9 Å². The summed E-state index contributed by atoms with van der Waals surface area (Å²) in [5.74, 6) is -2.38. The maximum atomic E-state index is 14.5. The molecule has 1 atom stereocenters. The number of benzene rings is 1. The predicted molar refractivity (Wildman–Crippen MR) is 128 cm³/mol. The average Bonchev–Trinajstić information content (AvgIpc) is 2.81. The van der Waals surface area contributed by atoms with Crippen LogP contribution < -0.4 is 15.0 Å². The molecule has 0 spiro atoms. The van der Waals surface area contributed by atoms with E-state index in [0.29, 0.717) is 11.8 Å². The molecule has 0 unspecified atom stereocenters. The number of nitrogens with zero attached hydrogens (tertiary/aromatic N) is 3. The molecule has 0 radical (unpaired) electrons. The van der Waals surface area contributed by atoms with Crippen LogP contribution in [-0.2, 0) is 25.9 Å². The van der Waals surface area contributed by atoms with E-state index in [-0.39, 0.29) is 24.2 Å². The number of pyridine rings is 1. The van der Waals surface area contributed by atoms with E-state index in [1.54, 1.807) is 45.0 Å². The van der Waals surface area contributed by atoms with Gasteiger partial charge < -0.3 is 19.7 Å². The summed E-state index contributed by atoms with van der Waals surface area (Å²) in [5, 5.41) is 11.6. The van der Waals surface area contributed by atoms with Crippen molar-refractivity contribution in [2.24, 2.45) is 0 Å². The molecule has 0 saturated heterocycles. The van der Waals surface area contributed by atoms with Gasteiger partial charge in [0.05, 0.1) is 40.2 Å². The van der Waals surface area contributed by atoms with Crippen LogP contribution in [-0.4, -0.2) is 48.9 Å². The lowest BCUT2D eigenvalue weighted by Crippen LogP contribution is -2.51. The van der Waals surface area contributed by atoms with Crippen LogP contribution in [0.2, 0.25) is 0 Å². The molecule has 1 N–H and O–H groups in total.